The van der Waals surface area contributed by atoms with Gasteiger partial charge in [0.25, 0.3) is 11.8 Å². The molecule has 3 rings (SSSR count). The van der Waals surface area contributed by atoms with Crippen molar-refractivity contribution in [3.8, 4) is 5.75 Å². The highest BCUT2D eigenvalue weighted by atomic mass is 16.5. The van der Waals surface area contributed by atoms with Crippen LogP contribution in [0.25, 0.3) is 0 Å². The van der Waals surface area contributed by atoms with Gasteiger partial charge in [0.2, 0.25) is 0 Å². The number of amides is 2. The summed E-state index contributed by atoms with van der Waals surface area (Å²) in [6, 6.07) is 3.44. The van der Waals surface area contributed by atoms with Crippen LogP contribution >= 0.6 is 0 Å². The number of rotatable bonds is 5. The van der Waals surface area contributed by atoms with Crippen LogP contribution in [0, 0.1) is 13.8 Å². The van der Waals surface area contributed by atoms with Gasteiger partial charge in [-0.2, -0.15) is 0 Å². The molecule has 2 aliphatic rings. The first-order valence-electron chi connectivity index (χ1n) is 9.52. The quantitative estimate of drug-likeness (QED) is 0.812. The van der Waals surface area contributed by atoms with Gasteiger partial charge in [-0.05, 0) is 49.9 Å². The van der Waals surface area contributed by atoms with E-state index in [2.05, 4.69) is 0 Å². The first-order chi connectivity index (χ1) is 13.4. The highest BCUT2D eigenvalue weighted by molar-refractivity contribution is 5.95. The molecule has 0 saturated carbocycles. The summed E-state index contributed by atoms with van der Waals surface area (Å²) in [6.45, 7) is 5.76. The lowest BCUT2D eigenvalue weighted by molar-refractivity contribution is -0.142. The fourth-order valence-corrected chi connectivity index (χ4v) is 3.72. The smallest absolute Gasteiger partial charge is 0.341 e. The van der Waals surface area contributed by atoms with Crippen molar-refractivity contribution in [1.29, 1.82) is 0 Å². The number of benzene rings is 1. The van der Waals surface area contributed by atoms with Gasteiger partial charge in [-0.25, -0.2) is 4.79 Å². The molecule has 1 aromatic carbocycles. The van der Waals surface area contributed by atoms with Crippen LogP contribution in [-0.4, -0.2) is 78.2 Å². The lowest BCUT2D eigenvalue weighted by Gasteiger charge is -2.36. The van der Waals surface area contributed by atoms with Crippen molar-refractivity contribution >= 4 is 17.8 Å². The predicted octanol–water partition coefficient (Wildman–Crippen LogP) is 1.23. The van der Waals surface area contributed by atoms with Gasteiger partial charge < -0.3 is 24.4 Å². The Balaban J connectivity index is 1.61. The molecule has 0 bridgehead atoms. The van der Waals surface area contributed by atoms with Gasteiger partial charge >= 0.3 is 5.97 Å². The molecule has 1 N–H and O–H groups in total. The molecule has 1 unspecified atom stereocenters. The van der Waals surface area contributed by atoms with Crippen molar-refractivity contribution < 1.29 is 29.0 Å². The summed E-state index contributed by atoms with van der Waals surface area (Å²) >= 11 is 0. The maximum Gasteiger partial charge on any atom is 0.341 e. The molecule has 0 aromatic heterocycles. The second-order valence-electron chi connectivity index (χ2n) is 7.24. The summed E-state index contributed by atoms with van der Waals surface area (Å²) in [5.41, 5.74) is 1.98. The molecule has 28 heavy (non-hydrogen) atoms. The number of ether oxygens (including phenoxy) is 2. The van der Waals surface area contributed by atoms with E-state index in [0.717, 1.165) is 24.0 Å². The zero-order valence-corrected chi connectivity index (χ0v) is 16.3. The second-order valence-corrected chi connectivity index (χ2v) is 7.24. The van der Waals surface area contributed by atoms with Crippen LogP contribution in [0.2, 0.25) is 0 Å². The third kappa shape index (κ3) is 4.44. The van der Waals surface area contributed by atoms with Gasteiger partial charge in [0.05, 0.1) is 0 Å². The summed E-state index contributed by atoms with van der Waals surface area (Å²) in [4.78, 5) is 39.5. The van der Waals surface area contributed by atoms with Crippen LogP contribution in [0.1, 0.15) is 34.3 Å². The molecule has 2 heterocycles. The van der Waals surface area contributed by atoms with Crippen molar-refractivity contribution in [2.24, 2.45) is 0 Å². The Morgan fingerprint density at radius 3 is 2.25 bits per heavy atom. The van der Waals surface area contributed by atoms with Crippen LogP contribution in [0.4, 0.5) is 0 Å². The maximum absolute atomic E-state index is 12.9. The van der Waals surface area contributed by atoms with E-state index in [1.54, 1.807) is 35.8 Å². The Hall–Kier alpha value is -2.61. The Morgan fingerprint density at radius 2 is 1.71 bits per heavy atom. The van der Waals surface area contributed by atoms with E-state index in [0.29, 0.717) is 44.1 Å². The SMILES string of the molecule is Cc1cc(C(=O)N2CCN(C(=O)C3CCCO3)CC2)cc(C)c1OCC(=O)O. The van der Waals surface area contributed by atoms with E-state index in [9.17, 15) is 14.4 Å². The summed E-state index contributed by atoms with van der Waals surface area (Å²) in [5.74, 6) is -0.628. The Bertz CT molecular complexity index is 741. The molecule has 2 fully saturated rings. The van der Waals surface area contributed by atoms with E-state index in [4.69, 9.17) is 14.6 Å². The molecular weight excluding hydrogens is 364 g/mol. The van der Waals surface area contributed by atoms with Gasteiger partial charge in [-0.1, -0.05) is 0 Å². The normalized spacial score (nSPS) is 19.6. The number of aryl methyl sites for hydroxylation is 2. The first kappa shape index (κ1) is 20.1. The minimum atomic E-state index is -1.05. The third-order valence-electron chi connectivity index (χ3n) is 5.13. The van der Waals surface area contributed by atoms with Crippen LogP contribution in [0.3, 0.4) is 0 Å². The number of carboxylic acid groups (broad SMARTS) is 1. The topological polar surface area (TPSA) is 96.4 Å². The number of piperazine rings is 1. The average Bonchev–Trinajstić information content (AvgIpc) is 3.20. The number of aliphatic carboxylic acids is 1. The van der Waals surface area contributed by atoms with Crippen molar-refractivity contribution in [3.05, 3.63) is 28.8 Å². The zero-order valence-electron chi connectivity index (χ0n) is 16.3. The molecule has 8 nitrogen and oxygen atoms in total. The van der Waals surface area contributed by atoms with Crippen molar-refractivity contribution in [2.75, 3.05) is 39.4 Å². The van der Waals surface area contributed by atoms with Crippen molar-refractivity contribution in [2.45, 2.75) is 32.8 Å². The number of hydrogen-bond donors (Lipinski definition) is 1. The summed E-state index contributed by atoms with van der Waals surface area (Å²) < 4.78 is 10.8. The van der Waals surface area contributed by atoms with Crippen LogP contribution < -0.4 is 4.74 Å². The number of nitrogens with zero attached hydrogens (tertiary/aromatic N) is 2. The Morgan fingerprint density at radius 1 is 1.11 bits per heavy atom. The number of carboxylic acids is 1. The summed E-state index contributed by atoms with van der Waals surface area (Å²) in [6.07, 6.45) is 1.36. The van der Waals surface area contributed by atoms with Gasteiger partial charge in [0, 0.05) is 38.3 Å². The lowest BCUT2D eigenvalue weighted by atomic mass is 10.0. The van der Waals surface area contributed by atoms with Crippen molar-refractivity contribution in [3.63, 3.8) is 0 Å². The molecule has 0 aliphatic carbocycles. The molecule has 0 radical (unpaired) electrons. The largest absolute Gasteiger partial charge is 0.481 e. The molecule has 2 amide bonds. The fourth-order valence-electron chi connectivity index (χ4n) is 3.72. The monoisotopic (exact) mass is 390 g/mol. The van der Waals surface area contributed by atoms with Gasteiger partial charge in [0.1, 0.15) is 11.9 Å². The molecule has 1 aromatic rings. The first-order valence-corrected chi connectivity index (χ1v) is 9.52. The minimum absolute atomic E-state index is 0.0243. The number of carbonyl (C=O) groups is 3. The van der Waals surface area contributed by atoms with Gasteiger partial charge in [-0.15, -0.1) is 0 Å². The molecular formula is C20H26N2O6. The van der Waals surface area contributed by atoms with Gasteiger partial charge in [-0.3, -0.25) is 9.59 Å². The molecule has 0 spiro atoms. The van der Waals surface area contributed by atoms with Crippen LogP contribution in [0.5, 0.6) is 5.75 Å². The Kier molecular flexibility index (Phi) is 6.18. The summed E-state index contributed by atoms with van der Waals surface area (Å²) in [5, 5.41) is 8.78. The molecule has 2 aliphatic heterocycles. The molecule has 152 valence electrons. The van der Waals surface area contributed by atoms with E-state index >= 15 is 0 Å². The molecule has 1 atom stereocenters. The number of hydrogen-bond acceptors (Lipinski definition) is 5. The van der Waals surface area contributed by atoms with Crippen LogP contribution in [0.15, 0.2) is 12.1 Å². The minimum Gasteiger partial charge on any atom is -0.481 e. The second kappa shape index (κ2) is 8.60. The fraction of sp³-hybridized carbons (Fsp3) is 0.550. The Labute approximate surface area is 164 Å². The van der Waals surface area contributed by atoms with Crippen molar-refractivity contribution in [1.82, 2.24) is 9.80 Å². The highest BCUT2D eigenvalue weighted by Crippen LogP contribution is 2.26. The maximum atomic E-state index is 12.9. The molecule has 8 heteroatoms. The van der Waals surface area contributed by atoms with E-state index in [1.165, 1.54) is 0 Å². The number of carbonyl (C=O) groups excluding carboxylic acids is 2. The average molecular weight is 390 g/mol. The van der Waals surface area contributed by atoms with E-state index < -0.39 is 12.6 Å². The standard InChI is InChI=1S/C20H26N2O6/c1-13-10-15(11-14(2)18(13)28-12-17(23)24)19(25)21-5-7-22(8-6-21)20(26)16-4-3-9-27-16/h10-11,16H,3-9,12H2,1-2H3,(H,23,24). The van der Waals surface area contributed by atoms with E-state index in [-0.39, 0.29) is 17.9 Å². The highest BCUT2D eigenvalue weighted by Gasteiger charge is 2.31. The van der Waals surface area contributed by atoms with Crippen LogP contribution in [-0.2, 0) is 14.3 Å². The zero-order chi connectivity index (χ0) is 20.3. The summed E-state index contributed by atoms with van der Waals surface area (Å²) in [7, 11) is 0. The lowest BCUT2D eigenvalue weighted by Crippen LogP contribution is -2.52. The predicted molar refractivity (Wildman–Crippen MR) is 101 cm³/mol. The third-order valence-corrected chi connectivity index (χ3v) is 5.13. The molecule has 2 saturated heterocycles. The van der Waals surface area contributed by atoms with Gasteiger partial charge in [0.15, 0.2) is 6.61 Å². The van der Waals surface area contributed by atoms with E-state index in [1.807, 2.05) is 0 Å².